The van der Waals surface area contributed by atoms with E-state index in [0.717, 1.165) is 16.1 Å². The van der Waals surface area contributed by atoms with Crippen LogP contribution in [0.25, 0.3) is 0 Å². The van der Waals surface area contributed by atoms with Crippen LogP contribution in [0.15, 0.2) is 53.7 Å². The average molecular weight is 327 g/mol. The van der Waals surface area contributed by atoms with E-state index in [2.05, 4.69) is 4.98 Å². The number of hydrogen-bond acceptors (Lipinski definition) is 4. The summed E-state index contributed by atoms with van der Waals surface area (Å²) in [4.78, 5) is 33.0. The van der Waals surface area contributed by atoms with Crippen molar-refractivity contribution in [2.75, 3.05) is 24.2 Å². The summed E-state index contributed by atoms with van der Waals surface area (Å²) in [6.07, 6.45) is 3.44. The number of anilines is 1. The minimum Gasteiger partial charge on any atom is -0.340 e. The van der Waals surface area contributed by atoms with E-state index in [1.807, 2.05) is 36.4 Å². The third-order valence-electron chi connectivity index (χ3n) is 3.67. The molecule has 1 aliphatic heterocycles. The molecule has 1 aromatic heterocycles. The Morgan fingerprint density at radius 2 is 2.13 bits per heavy atom. The summed E-state index contributed by atoms with van der Waals surface area (Å²) in [6, 6.07) is 11.5. The number of carbonyl (C=O) groups excluding carboxylic acids is 2. The molecule has 0 unspecified atom stereocenters. The van der Waals surface area contributed by atoms with Gasteiger partial charge in [-0.1, -0.05) is 18.2 Å². The van der Waals surface area contributed by atoms with Gasteiger partial charge in [0.1, 0.15) is 6.54 Å². The van der Waals surface area contributed by atoms with Crippen molar-refractivity contribution >= 4 is 29.3 Å². The molecule has 6 heteroatoms. The van der Waals surface area contributed by atoms with Crippen LogP contribution < -0.4 is 4.90 Å². The molecule has 0 radical (unpaired) electrons. The molecule has 0 fully saturated rings. The third-order valence-corrected chi connectivity index (χ3v) is 4.72. The van der Waals surface area contributed by atoms with Crippen LogP contribution in [0.5, 0.6) is 0 Å². The molecule has 0 aliphatic carbocycles. The second kappa shape index (κ2) is 6.83. The van der Waals surface area contributed by atoms with E-state index < -0.39 is 0 Å². The summed E-state index contributed by atoms with van der Waals surface area (Å²) in [7, 11) is 1.74. The maximum atomic E-state index is 12.5. The molecular formula is C17H17N3O2S. The molecule has 2 aromatic rings. The van der Waals surface area contributed by atoms with Crippen LogP contribution in [0.2, 0.25) is 0 Å². The summed E-state index contributed by atoms with van der Waals surface area (Å²) < 4.78 is 0. The number of fused-ring (bicyclic) bond motifs is 1. The molecule has 1 aliphatic rings. The highest BCUT2D eigenvalue weighted by Gasteiger charge is 2.27. The highest BCUT2D eigenvalue weighted by atomic mass is 32.2. The number of likely N-dealkylation sites (N-methyl/N-ethyl adjacent to an activating group) is 1. The molecule has 2 amide bonds. The number of hydrogen-bond donors (Lipinski definition) is 0. The Kier molecular flexibility index (Phi) is 4.62. The zero-order valence-corrected chi connectivity index (χ0v) is 13.6. The van der Waals surface area contributed by atoms with E-state index in [1.165, 1.54) is 11.8 Å². The van der Waals surface area contributed by atoms with Gasteiger partial charge in [0.15, 0.2) is 0 Å². The van der Waals surface area contributed by atoms with Gasteiger partial charge in [-0.2, -0.15) is 0 Å². The van der Waals surface area contributed by atoms with E-state index >= 15 is 0 Å². The zero-order chi connectivity index (χ0) is 16.2. The summed E-state index contributed by atoms with van der Waals surface area (Å²) in [6.45, 7) is 0.540. The van der Waals surface area contributed by atoms with Crippen LogP contribution in [-0.2, 0) is 16.1 Å². The lowest BCUT2D eigenvalue weighted by molar-refractivity contribution is -0.130. The number of amides is 2. The van der Waals surface area contributed by atoms with E-state index in [0.29, 0.717) is 12.3 Å². The highest BCUT2D eigenvalue weighted by molar-refractivity contribution is 8.00. The van der Waals surface area contributed by atoms with Gasteiger partial charge in [0.25, 0.3) is 0 Å². The van der Waals surface area contributed by atoms with E-state index in [-0.39, 0.29) is 18.4 Å². The topological polar surface area (TPSA) is 53.5 Å². The van der Waals surface area contributed by atoms with E-state index in [4.69, 9.17) is 0 Å². The van der Waals surface area contributed by atoms with Crippen molar-refractivity contribution in [3.8, 4) is 0 Å². The smallest absolute Gasteiger partial charge is 0.242 e. The van der Waals surface area contributed by atoms with Gasteiger partial charge < -0.3 is 9.80 Å². The first-order valence-electron chi connectivity index (χ1n) is 7.30. The number of carbonyl (C=O) groups is 2. The molecule has 3 rings (SSSR count). The molecule has 0 saturated carbocycles. The molecule has 2 heterocycles. The third kappa shape index (κ3) is 3.53. The number of nitrogens with zero attached hydrogens (tertiary/aromatic N) is 3. The Hall–Kier alpha value is -2.34. The Labute approximate surface area is 139 Å². The van der Waals surface area contributed by atoms with Crippen molar-refractivity contribution < 1.29 is 9.59 Å². The fourth-order valence-corrected chi connectivity index (χ4v) is 3.37. The van der Waals surface area contributed by atoms with Crippen molar-refractivity contribution in [2.24, 2.45) is 0 Å². The Morgan fingerprint density at radius 3 is 2.91 bits per heavy atom. The monoisotopic (exact) mass is 327 g/mol. The minimum atomic E-state index is -0.0936. The summed E-state index contributed by atoms with van der Waals surface area (Å²) >= 11 is 1.51. The molecule has 0 N–H and O–H groups in total. The van der Waals surface area contributed by atoms with Crippen LogP contribution >= 0.6 is 11.8 Å². The van der Waals surface area contributed by atoms with Crippen molar-refractivity contribution in [2.45, 2.75) is 11.4 Å². The lowest BCUT2D eigenvalue weighted by Crippen LogP contribution is -2.43. The van der Waals surface area contributed by atoms with Crippen LogP contribution in [0.1, 0.15) is 5.56 Å². The molecule has 0 spiro atoms. The van der Waals surface area contributed by atoms with Crippen LogP contribution in [0.4, 0.5) is 5.69 Å². The fourth-order valence-electron chi connectivity index (χ4n) is 2.44. The van der Waals surface area contributed by atoms with Crippen molar-refractivity contribution in [1.82, 2.24) is 9.88 Å². The molecule has 0 saturated heterocycles. The largest absolute Gasteiger partial charge is 0.340 e. The lowest BCUT2D eigenvalue weighted by Gasteiger charge is -2.30. The second-order valence-electron chi connectivity index (χ2n) is 5.35. The van der Waals surface area contributed by atoms with Gasteiger partial charge in [-0.25, -0.2) is 0 Å². The fraction of sp³-hybridized carbons (Fsp3) is 0.235. The molecule has 5 nitrogen and oxygen atoms in total. The van der Waals surface area contributed by atoms with Gasteiger partial charge in [0, 0.05) is 30.9 Å². The van der Waals surface area contributed by atoms with E-state index in [9.17, 15) is 9.59 Å². The highest BCUT2D eigenvalue weighted by Crippen LogP contribution is 2.34. The first kappa shape index (κ1) is 15.6. The van der Waals surface area contributed by atoms with Crippen LogP contribution in [-0.4, -0.2) is 41.0 Å². The van der Waals surface area contributed by atoms with Gasteiger partial charge in [-0.05, 0) is 23.8 Å². The summed E-state index contributed by atoms with van der Waals surface area (Å²) in [5.74, 6) is 0.247. The number of benzene rings is 1. The maximum Gasteiger partial charge on any atom is 0.242 e. The Balaban J connectivity index is 1.71. The number of thioether (sulfide) groups is 1. The number of pyridine rings is 1. The van der Waals surface area contributed by atoms with Crippen molar-refractivity contribution in [3.05, 3.63) is 54.4 Å². The lowest BCUT2D eigenvalue weighted by atomic mass is 10.2. The Bertz CT molecular complexity index is 721. The van der Waals surface area contributed by atoms with Gasteiger partial charge in [0.05, 0.1) is 11.4 Å². The van der Waals surface area contributed by atoms with Gasteiger partial charge >= 0.3 is 0 Å². The number of aromatic nitrogens is 1. The summed E-state index contributed by atoms with van der Waals surface area (Å²) in [5, 5.41) is 0. The Morgan fingerprint density at radius 1 is 1.30 bits per heavy atom. The molecule has 23 heavy (non-hydrogen) atoms. The molecule has 118 valence electrons. The zero-order valence-electron chi connectivity index (χ0n) is 12.8. The average Bonchev–Trinajstić information content (AvgIpc) is 2.58. The molecule has 0 bridgehead atoms. The second-order valence-corrected chi connectivity index (χ2v) is 6.36. The van der Waals surface area contributed by atoms with Gasteiger partial charge in [-0.3, -0.25) is 14.6 Å². The predicted octanol–water partition coefficient (Wildman–Crippen LogP) is 2.18. The number of rotatable bonds is 4. The first-order valence-corrected chi connectivity index (χ1v) is 8.29. The SMILES string of the molecule is CN(Cc1cccnc1)C(=O)CN1C(=O)CSc2ccccc21. The van der Waals surface area contributed by atoms with Crippen LogP contribution in [0, 0.1) is 0 Å². The standard InChI is InChI=1S/C17H17N3O2S/c1-19(10-13-5-4-8-18-9-13)16(21)11-20-14-6-2-3-7-15(14)23-12-17(20)22/h2-9H,10-12H2,1H3. The quantitative estimate of drug-likeness (QED) is 0.864. The maximum absolute atomic E-state index is 12.5. The number of para-hydroxylation sites is 1. The predicted molar refractivity (Wildman–Crippen MR) is 90.2 cm³/mol. The van der Waals surface area contributed by atoms with Crippen LogP contribution in [0.3, 0.4) is 0 Å². The summed E-state index contributed by atoms with van der Waals surface area (Å²) in [5.41, 5.74) is 1.78. The van der Waals surface area contributed by atoms with E-state index in [1.54, 1.807) is 29.2 Å². The molecule has 0 atom stereocenters. The minimum absolute atomic E-state index is 0.0307. The first-order chi connectivity index (χ1) is 11.1. The van der Waals surface area contributed by atoms with Crippen molar-refractivity contribution in [3.63, 3.8) is 0 Å². The normalized spacial score (nSPS) is 13.6. The van der Waals surface area contributed by atoms with Gasteiger partial charge in [-0.15, -0.1) is 11.8 Å². The van der Waals surface area contributed by atoms with Crippen molar-refractivity contribution in [1.29, 1.82) is 0 Å². The molecular weight excluding hydrogens is 310 g/mol. The van der Waals surface area contributed by atoms with Gasteiger partial charge in [0.2, 0.25) is 11.8 Å². The molecule has 1 aromatic carbocycles.